The zero-order chi connectivity index (χ0) is 34.4. The van der Waals surface area contributed by atoms with Crippen molar-refractivity contribution in [3.05, 3.63) is 52.2 Å². The molecule has 2 rings (SSSR count). The van der Waals surface area contributed by atoms with Gasteiger partial charge in [0, 0.05) is 30.0 Å². The van der Waals surface area contributed by atoms with E-state index in [2.05, 4.69) is 21.3 Å². The number of aliphatic carboxylic acids is 1. The lowest BCUT2D eigenvalue weighted by molar-refractivity contribution is -0.137. The van der Waals surface area contributed by atoms with E-state index in [1.54, 1.807) is 19.1 Å². The number of thiophene rings is 1. The number of rotatable bonds is 20. The van der Waals surface area contributed by atoms with Crippen molar-refractivity contribution >= 4 is 46.7 Å². The van der Waals surface area contributed by atoms with Gasteiger partial charge in [-0.05, 0) is 54.3 Å². The van der Waals surface area contributed by atoms with Crippen LogP contribution in [0.5, 0.6) is 0 Å². The quantitative estimate of drug-likeness (QED) is 0.103. The van der Waals surface area contributed by atoms with E-state index in [9.17, 15) is 34.2 Å². The van der Waals surface area contributed by atoms with Crippen molar-refractivity contribution in [1.82, 2.24) is 16.0 Å². The molecule has 13 nitrogen and oxygen atoms in total. The zero-order valence-electron chi connectivity index (χ0n) is 26.7. The van der Waals surface area contributed by atoms with Crippen LogP contribution < -0.4 is 27.0 Å². The Morgan fingerprint density at radius 3 is 2.24 bits per heavy atom. The van der Waals surface area contributed by atoms with Gasteiger partial charge in [0.25, 0.3) is 0 Å². The van der Waals surface area contributed by atoms with Crippen molar-refractivity contribution in [2.75, 3.05) is 11.9 Å². The first kappa shape index (κ1) is 38.2. The van der Waals surface area contributed by atoms with E-state index in [0.29, 0.717) is 18.5 Å². The summed E-state index contributed by atoms with van der Waals surface area (Å²) >= 11 is 1.42. The smallest absolute Gasteiger partial charge is 0.335 e. The minimum atomic E-state index is -1.13. The monoisotopic (exact) mass is 661 g/mol. The van der Waals surface area contributed by atoms with Crippen LogP contribution in [0.25, 0.3) is 0 Å². The summed E-state index contributed by atoms with van der Waals surface area (Å²) in [7, 11) is 0. The van der Waals surface area contributed by atoms with E-state index in [-0.39, 0.29) is 43.2 Å². The summed E-state index contributed by atoms with van der Waals surface area (Å²) in [4.78, 5) is 63.2. The highest BCUT2D eigenvalue weighted by molar-refractivity contribution is 7.09. The number of amides is 3. The van der Waals surface area contributed by atoms with Crippen LogP contribution in [-0.2, 0) is 25.6 Å². The lowest BCUT2D eigenvalue weighted by atomic mass is 9.96. The number of benzene rings is 1. The van der Waals surface area contributed by atoms with Crippen LogP contribution in [-0.4, -0.2) is 81.8 Å². The third-order valence-electron chi connectivity index (χ3n) is 7.56. The van der Waals surface area contributed by atoms with Crippen LogP contribution >= 0.6 is 11.3 Å². The number of carbonyl (C=O) groups is 5. The molecule has 0 aliphatic heterocycles. The Kier molecular flexibility index (Phi) is 15.6. The van der Waals surface area contributed by atoms with Crippen LogP contribution in [0, 0.1) is 11.8 Å². The number of nitrogens with one attached hydrogen (secondary N) is 4. The Morgan fingerprint density at radius 1 is 0.935 bits per heavy atom. The Hall–Kier alpha value is -4.01. The van der Waals surface area contributed by atoms with Gasteiger partial charge in [0.2, 0.25) is 17.7 Å². The summed E-state index contributed by atoms with van der Waals surface area (Å²) in [6.07, 6.45) is -0.347. The minimum absolute atomic E-state index is 0.0208. The highest BCUT2D eigenvalue weighted by Crippen LogP contribution is 2.16. The van der Waals surface area contributed by atoms with Gasteiger partial charge in [-0.2, -0.15) is 0 Å². The Bertz CT molecular complexity index is 1310. The molecule has 0 radical (unpaired) electrons. The predicted molar refractivity (Wildman–Crippen MR) is 175 cm³/mol. The van der Waals surface area contributed by atoms with E-state index in [4.69, 9.17) is 10.8 Å². The van der Waals surface area contributed by atoms with Crippen LogP contribution in [0.1, 0.15) is 68.6 Å². The molecular formula is C32H47N5O8S. The first-order valence-electron chi connectivity index (χ1n) is 15.4. The van der Waals surface area contributed by atoms with E-state index >= 15 is 0 Å². The fourth-order valence-electron chi connectivity index (χ4n) is 4.70. The molecule has 1 aromatic heterocycles. The maximum Gasteiger partial charge on any atom is 0.335 e. The molecule has 1 heterocycles. The molecule has 2 aromatic rings. The fraction of sp³-hybridized carbons (Fsp3) is 0.531. The summed E-state index contributed by atoms with van der Waals surface area (Å²) in [6.45, 7) is 7.53. The number of carboxylic acids is 2. The average Bonchev–Trinajstić information content (AvgIpc) is 3.53. The van der Waals surface area contributed by atoms with Gasteiger partial charge < -0.3 is 42.3 Å². The summed E-state index contributed by atoms with van der Waals surface area (Å²) < 4.78 is 0. The molecule has 0 spiro atoms. The van der Waals surface area contributed by atoms with Gasteiger partial charge in [0.05, 0.1) is 23.8 Å². The van der Waals surface area contributed by atoms with Crippen molar-refractivity contribution in [3.63, 3.8) is 0 Å². The number of nitrogens with two attached hydrogens (primary N) is 1. The topological polar surface area (TPSA) is 220 Å². The molecule has 1 aromatic carbocycles. The van der Waals surface area contributed by atoms with Crippen molar-refractivity contribution in [1.29, 1.82) is 0 Å². The van der Waals surface area contributed by atoms with Crippen LogP contribution in [0.2, 0.25) is 0 Å². The van der Waals surface area contributed by atoms with Crippen LogP contribution in [0.4, 0.5) is 5.69 Å². The van der Waals surface area contributed by atoms with Crippen molar-refractivity contribution in [3.8, 4) is 0 Å². The molecule has 46 heavy (non-hydrogen) atoms. The SMILES string of the molecule is CC[C@H](C)[C@H](NC(=O)[C@@H](N)CCC(=O)O)C(=O)N[C@@H](Cc1cccs1)C(=O)N[C@@H](CC(C)C)[C@H](O)CNc1cccc(C(=O)O)c1. The number of hydrogen-bond acceptors (Lipinski definition) is 9. The zero-order valence-corrected chi connectivity index (χ0v) is 27.5. The number of aromatic carboxylic acids is 1. The van der Waals surface area contributed by atoms with E-state index in [1.807, 2.05) is 38.3 Å². The molecule has 14 heteroatoms. The summed E-state index contributed by atoms with van der Waals surface area (Å²) in [5, 5.41) is 42.5. The lowest BCUT2D eigenvalue weighted by Crippen LogP contribution is -2.59. The number of hydrogen-bond donors (Lipinski definition) is 8. The van der Waals surface area contributed by atoms with Crippen molar-refractivity contribution < 1.29 is 39.3 Å². The first-order valence-corrected chi connectivity index (χ1v) is 16.3. The van der Waals surface area contributed by atoms with Crippen molar-refractivity contribution in [2.45, 2.75) is 90.1 Å². The van der Waals surface area contributed by atoms with Gasteiger partial charge in [-0.15, -0.1) is 11.3 Å². The standard InChI is InChI=1S/C32H47N5O8S/c1-5-19(4)28(37-29(41)23(33)11-12-27(39)40)31(43)36-25(16-22-10-7-13-46-22)30(42)35-24(14-18(2)3)26(38)17-34-21-9-6-8-20(15-21)32(44)45/h6-10,13,15,18-19,23-26,28,34,38H,5,11-12,14,16-17,33H2,1-4H3,(H,35,42)(H,36,43)(H,37,41)(H,39,40)(H,44,45)/t19-,23-,24-,25-,26+,28-/m0/s1. The molecule has 0 unspecified atom stereocenters. The second-order valence-corrected chi connectivity index (χ2v) is 12.9. The Balaban J connectivity index is 2.22. The van der Waals surface area contributed by atoms with E-state index in [1.165, 1.54) is 23.5 Å². The number of aliphatic hydroxyl groups is 1. The largest absolute Gasteiger partial charge is 0.481 e. The molecule has 6 atom stereocenters. The molecule has 0 saturated heterocycles. The third-order valence-corrected chi connectivity index (χ3v) is 8.46. The molecule has 0 saturated carbocycles. The van der Waals surface area contributed by atoms with Crippen LogP contribution in [0.15, 0.2) is 41.8 Å². The molecule has 254 valence electrons. The maximum absolute atomic E-state index is 13.8. The highest BCUT2D eigenvalue weighted by atomic mass is 32.1. The van der Waals surface area contributed by atoms with Gasteiger partial charge in [-0.25, -0.2) is 4.79 Å². The minimum Gasteiger partial charge on any atom is -0.481 e. The third kappa shape index (κ3) is 12.8. The molecule has 0 bridgehead atoms. The van der Waals surface area contributed by atoms with E-state index in [0.717, 1.165) is 4.88 Å². The summed E-state index contributed by atoms with van der Waals surface area (Å²) in [5.41, 5.74) is 6.46. The molecule has 3 amide bonds. The summed E-state index contributed by atoms with van der Waals surface area (Å²) in [6, 6.07) is 5.92. The number of anilines is 1. The van der Waals surface area contributed by atoms with E-state index < -0.39 is 59.9 Å². The van der Waals surface area contributed by atoms with Gasteiger partial charge in [0.1, 0.15) is 12.1 Å². The Morgan fingerprint density at radius 2 is 1.65 bits per heavy atom. The molecule has 0 fully saturated rings. The maximum atomic E-state index is 13.8. The average molecular weight is 662 g/mol. The Labute approximate surface area is 273 Å². The van der Waals surface area contributed by atoms with Gasteiger partial charge in [-0.3, -0.25) is 19.2 Å². The molecule has 9 N–H and O–H groups in total. The van der Waals surface area contributed by atoms with Gasteiger partial charge in [0.15, 0.2) is 0 Å². The van der Waals surface area contributed by atoms with Crippen LogP contribution in [0.3, 0.4) is 0 Å². The summed E-state index contributed by atoms with van der Waals surface area (Å²) in [5.74, 6) is -4.19. The normalized spacial score (nSPS) is 15.1. The molecular weight excluding hydrogens is 614 g/mol. The van der Waals surface area contributed by atoms with Gasteiger partial charge >= 0.3 is 11.9 Å². The van der Waals surface area contributed by atoms with Gasteiger partial charge in [-0.1, -0.05) is 46.2 Å². The lowest BCUT2D eigenvalue weighted by Gasteiger charge is -2.30. The highest BCUT2D eigenvalue weighted by Gasteiger charge is 2.33. The first-order chi connectivity index (χ1) is 21.7. The molecule has 0 aliphatic rings. The second kappa shape index (κ2) is 18.8. The second-order valence-electron chi connectivity index (χ2n) is 11.8. The number of carboxylic acid groups (broad SMARTS) is 2. The fourth-order valence-corrected chi connectivity index (χ4v) is 5.46. The number of aliphatic hydroxyl groups excluding tert-OH is 1. The number of carbonyl (C=O) groups excluding carboxylic acids is 3. The molecule has 0 aliphatic carbocycles. The van der Waals surface area contributed by atoms with Crippen molar-refractivity contribution in [2.24, 2.45) is 17.6 Å². The predicted octanol–water partition coefficient (Wildman–Crippen LogP) is 2.20.